The summed E-state index contributed by atoms with van der Waals surface area (Å²) in [7, 11) is 0. The van der Waals surface area contributed by atoms with E-state index in [9.17, 15) is 0 Å². The largest absolute Gasteiger partial charge is 0.443 e. The number of hydrogen-bond donors (Lipinski definition) is 0. The van der Waals surface area contributed by atoms with Gasteiger partial charge in [0.25, 0.3) is 5.89 Å². The standard InChI is InChI=1S/C7H7BrN2OS/c1-4-5(8)10-7(12-4)6-9-2-3-11-6/h2-5H,1H3. The van der Waals surface area contributed by atoms with E-state index in [0.29, 0.717) is 11.1 Å². The number of halogens is 1. The van der Waals surface area contributed by atoms with Crippen LogP contribution in [0.25, 0.3) is 0 Å². The summed E-state index contributed by atoms with van der Waals surface area (Å²) in [6.07, 6.45) is 3.19. The molecule has 0 spiro atoms. The Morgan fingerprint density at radius 1 is 1.67 bits per heavy atom. The molecule has 1 aliphatic rings. The van der Waals surface area contributed by atoms with Crippen molar-refractivity contribution in [2.75, 3.05) is 0 Å². The summed E-state index contributed by atoms with van der Waals surface area (Å²) in [4.78, 5) is 8.56. The van der Waals surface area contributed by atoms with Crippen molar-refractivity contribution in [1.29, 1.82) is 0 Å². The molecule has 0 fully saturated rings. The summed E-state index contributed by atoms with van der Waals surface area (Å²) < 4.78 is 5.13. The average Bonchev–Trinajstić information content (AvgIpc) is 2.61. The Kier molecular flexibility index (Phi) is 2.23. The highest BCUT2D eigenvalue weighted by Crippen LogP contribution is 2.32. The maximum absolute atomic E-state index is 5.13. The third-order valence-electron chi connectivity index (χ3n) is 1.54. The molecule has 64 valence electrons. The van der Waals surface area contributed by atoms with E-state index in [2.05, 4.69) is 32.8 Å². The van der Waals surface area contributed by atoms with E-state index in [4.69, 9.17) is 4.42 Å². The lowest BCUT2D eigenvalue weighted by molar-refractivity contribution is 0.549. The van der Waals surface area contributed by atoms with Gasteiger partial charge in [-0.1, -0.05) is 27.7 Å². The van der Waals surface area contributed by atoms with Crippen LogP contribution < -0.4 is 0 Å². The van der Waals surface area contributed by atoms with Crippen molar-refractivity contribution in [2.45, 2.75) is 17.1 Å². The minimum atomic E-state index is 0.185. The number of rotatable bonds is 1. The highest BCUT2D eigenvalue weighted by molar-refractivity contribution is 9.09. The number of nitrogens with zero attached hydrogens (tertiary/aromatic N) is 2. The molecule has 0 bridgehead atoms. The van der Waals surface area contributed by atoms with Crippen LogP contribution in [-0.4, -0.2) is 20.2 Å². The Labute approximate surface area is 82.8 Å². The molecule has 3 nitrogen and oxygen atoms in total. The predicted octanol–water partition coefficient (Wildman–Crippen LogP) is 2.28. The van der Waals surface area contributed by atoms with Gasteiger partial charge in [0, 0.05) is 5.25 Å². The first kappa shape index (κ1) is 8.31. The molecule has 0 amide bonds. The molecular weight excluding hydrogens is 240 g/mol. The molecule has 2 unspecified atom stereocenters. The fraction of sp³-hybridized carbons (Fsp3) is 0.429. The van der Waals surface area contributed by atoms with E-state index in [0.717, 1.165) is 5.04 Å². The molecule has 5 heteroatoms. The number of hydrogen-bond acceptors (Lipinski definition) is 4. The van der Waals surface area contributed by atoms with Crippen molar-refractivity contribution in [3.05, 3.63) is 18.4 Å². The fourth-order valence-electron chi connectivity index (χ4n) is 0.914. The molecule has 12 heavy (non-hydrogen) atoms. The lowest BCUT2D eigenvalue weighted by atomic mass is 10.5. The van der Waals surface area contributed by atoms with Gasteiger partial charge in [-0.2, -0.15) is 0 Å². The second kappa shape index (κ2) is 3.22. The zero-order valence-corrected chi connectivity index (χ0v) is 8.80. The minimum absolute atomic E-state index is 0.185. The van der Waals surface area contributed by atoms with Gasteiger partial charge in [0.15, 0.2) is 5.04 Å². The van der Waals surface area contributed by atoms with Crippen LogP contribution in [0.4, 0.5) is 0 Å². The van der Waals surface area contributed by atoms with Crippen LogP contribution >= 0.6 is 27.7 Å². The summed E-state index contributed by atoms with van der Waals surface area (Å²) >= 11 is 5.13. The van der Waals surface area contributed by atoms with Crippen molar-refractivity contribution in [3.63, 3.8) is 0 Å². The zero-order valence-electron chi connectivity index (χ0n) is 6.40. The first-order chi connectivity index (χ1) is 5.77. The van der Waals surface area contributed by atoms with Crippen molar-refractivity contribution in [3.8, 4) is 0 Å². The van der Waals surface area contributed by atoms with Crippen LogP contribution in [-0.2, 0) is 0 Å². The summed E-state index contributed by atoms with van der Waals surface area (Å²) in [5.41, 5.74) is 0. The van der Waals surface area contributed by atoms with E-state index in [1.165, 1.54) is 0 Å². The highest BCUT2D eigenvalue weighted by atomic mass is 79.9. The summed E-state index contributed by atoms with van der Waals surface area (Å²) in [6, 6.07) is 0. The average molecular weight is 247 g/mol. The van der Waals surface area contributed by atoms with Gasteiger partial charge in [-0.25, -0.2) is 4.98 Å². The van der Waals surface area contributed by atoms with E-state index in [1.54, 1.807) is 24.2 Å². The Bertz CT molecular complexity index is 298. The molecule has 2 heterocycles. The van der Waals surface area contributed by atoms with Crippen LogP contribution in [0.1, 0.15) is 12.8 Å². The Hall–Kier alpha value is -0.290. The quantitative estimate of drug-likeness (QED) is 0.564. The Morgan fingerprint density at radius 3 is 3.00 bits per heavy atom. The second-order valence-electron chi connectivity index (χ2n) is 2.47. The third-order valence-corrected chi connectivity index (χ3v) is 4.02. The van der Waals surface area contributed by atoms with Crippen LogP contribution in [0.15, 0.2) is 21.9 Å². The van der Waals surface area contributed by atoms with Crippen molar-refractivity contribution in [2.24, 2.45) is 4.99 Å². The van der Waals surface area contributed by atoms with Gasteiger partial charge in [-0.05, 0) is 6.92 Å². The molecule has 0 radical (unpaired) electrons. The van der Waals surface area contributed by atoms with E-state index in [1.807, 2.05) is 0 Å². The second-order valence-corrected chi connectivity index (χ2v) is 4.77. The molecule has 2 rings (SSSR count). The van der Waals surface area contributed by atoms with E-state index in [-0.39, 0.29) is 4.95 Å². The predicted molar refractivity (Wildman–Crippen MR) is 52.8 cm³/mol. The maximum atomic E-state index is 5.13. The Balaban J connectivity index is 2.23. The topological polar surface area (TPSA) is 38.4 Å². The minimum Gasteiger partial charge on any atom is -0.443 e. The molecule has 1 aromatic rings. The smallest absolute Gasteiger partial charge is 0.251 e. The molecule has 2 atom stereocenters. The summed E-state index contributed by atoms with van der Waals surface area (Å²) in [5, 5.41) is 1.33. The van der Waals surface area contributed by atoms with E-state index < -0.39 is 0 Å². The fourth-order valence-corrected chi connectivity index (χ4v) is 2.48. The van der Waals surface area contributed by atoms with Gasteiger partial charge in [-0.15, -0.1) is 0 Å². The number of aromatic nitrogens is 1. The Morgan fingerprint density at radius 2 is 2.50 bits per heavy atom. The number of thioether (sulfide) groups is 1. The van der Waals surface area contributed by atoms with Gasteiger partial charge < -0.3 is 4.42 Å². The van der Waals surface area contributed by atoms with Crippen molar-refractivity contribution < 1.29 is 4.42 Å². The van der Waals surface area contributed by atoms with Gasteiger partial charge in [0.1, 0.15) is 11.2 Å². The van der Waals surface area contributed by atoms with Gasteiger partial charge in [0.2, 0.25) is 0 Å². The molecule has 0 N–H and O–H groups in total. The van der Waals surface area contributed by atoms with Crippen molar-refractivity contribution >= 4 is 32.7 Å². The lowest BCUT2D eigenvalue weighted by Crippen LogP contribution is -2.03. The maximum Gasteiger partial charge on any atom is 0.251 e. The lowest BCUT2D eigenvalue weighted by Gasteiger charge is -2.00. The number of alkyl halides is 1. The molecule has 0 aliphatic carbocycles. The molecule has 0 saturated heterocycles. The number of aliphatic imine (C=N–C) groups is 1. The monoisotopic (exact) mass is 246 g/mol. The van der Waals surface area contributed by atoms with Crippen LogP contribution in [0.5, 0.6) is 0 Å². The van der Waals surface area contributed by atoms with Crippen LogP contribution in [0, 0.1) is 0 Å². The molecule has 1 aliphatic heterocycles. The van der Waals surface area contributed by atoms with Crippen molar-refractivity contribution in [1.82, 2.24) is 4.98 Å². The number of oxazole rings is 1. The SMILES string of the molecule is CC1SC(c2ncco2)=NC1Br. The normalized spacial score (nSPS) is 29.0. The van der Waals surface area contributed by atoms with E-state index >= 15 is 0 Å². The van der Waals surface area contributed by atoms with Crippen LogP contribution in [0.3, 0.4) is 0 Å². The molecule has 0 saturated carbocycles. The first-order valence-corrected chi connectivity index (χ1v) is 5.35. The first-order valence-electron chi connectivity index (χ1n) is 3.56. The third kappa shape index (κ3) is 1.43. The summed E-state index contributed by atoms with van der Waals surface area (Å²) in [6.45, 7) is 2.11. The van der Waals surface area contributed by atoms with Gasteiger partial charge >= 0.3 is 0 Å². The highest BCUT2D eigenvalue weighted by Gasteiger charge is 2.26. The zero-order chi connectivity index (χ0) is 8.55. The van der Waals surface area contributed by atoms with Crippen LogP contribution in [0.2, 0.25) is 0 Å². The molecule has 0 aromatic carbocycles. The molecule has 1 aromatic heterocycles. The molecular formula is C7H7BrN2OS. The van der Waals surface area contributed by atoms with Gasteiger partial charge in [-0.3, -0.25) is 4.99 Å². The van der Waals surface area contributed by atoms with Gasteiger partial charge in [0.05, 0.1) is 6.20 Å². The summed E-state index contributed by atoms with van der Waals surface area (Å²) in [5.74, 6) is 0.619.